The topological polar surface area (TPSA) is 33.6 Å². The molecule has 0 aliphatic heterocycles. The SMILES string of the molecule is CSCCCCCCn1c(=S)[nH]c2cc(Br)cnc21. The number of aromatic nitrogens is 3. The van der Waals surface area contributed by atoms with Crippen LogP contribution >= 0.6 is 39.9 Å². The maximum atomic E-state index is 5.36. The van der Waals surface area contributed by atoms with Gasteiger partial charge in [0.05, 0.1) is 5.52 Å². The first-order valence-corrected chi connectivity index (χ1v) is 9.05. The molecule has 2 aromatic heterocycles. The molecule has 0 bridgehead atoms. The summed E-state index contributed by atoms with van der Waals surface area (Å²) >= 11 is 10.7. The normalized spacial score (nSPS) is 11.3. The number of aromatic amines is 1. The van der Waals surface area contributed by atoms with Crippen molar-refractivity contribution < 1.29 is 0 Å². The molecule has 2 rings (SSSR count). The molecule has 0 aliphatic carbocycles. The number of rotatable bonds is 7. The van der Waals surface area contributed by atoms with Crippen molar-refractivity contribution in [1.29, 1.82) is 0 Å². The lowest BCUT2D eigenvalue weighted by Crippen LogP contribution is -1.99. The van der Waals surface area contributed by atoms with Gasteiger partial charge in [-0.05, 0) is 59.1 Å². The van der Waals surface area contributed by atoms with Gasteiger partial charge in [-0.3, -0.25) is 0 Å². The highest BCUT2D eigenvalue weighted by Crippen LogP contribution is 2.17. The van der Waals surface area contributed by atoms with Gasteiger partial charge in [-0.1, -0.05) is 12.8 Å². The number of halogens is 1. The van der Waals surface area contributed by atoms with Gasteiger partial charge in [0, 0.05) is 17.2 Å². The number of unbranched alkanes of at least 4 members (excludes halogenated alkanes) is 3. The number of fused-ring (bicyclic) bond motifs is 1. The molecule has 0 atom stereocenters. The summed E-state index contributed by atoms with van der Waals surface area (Å²) in [5.41, 5.74) is 1.96. The van der Waals surface area contributed by atoms with Crippen molar-refractivity contribution in [2.45, 2.75) is 32.2 Å². The first-order chi connectivity index (χ1) is 9.22. The summed E-state index contributed by atoms with van der Waals surface area (Å²) in [4.78, 5) is 7.66. The van der Waals surface area contributed by atoms with Gasteiger partial charge in [-0.25, -0.2) is 4.98 Å². The van der Waals surface area contributed by atoms with Crippen LogP contribution in [0.15, 0.2) is 16.7 Å². The van der Waals surface area contributed by atoms with Crippen LogP contribution in [0.3, 0.4) is 0 Å². The van der Waals surface area contributed by atoms with Crippen molar-refractivity contribution >= 4 is 51.1 Å². The van der Waals surface area contributed by atoms with Crippen LogP contribution in [0.4, 0.5) is 0 Å². The van der Waals surface area contributed by atoms with Gasteiger partial charge in [-0.2, -0.15) is 11.8 Å². The minimum Gasteiger partial charge on any atom is -0.329 e. The average molecular weight is 360 g/mol. The zero-order chi connectivity index (χ0) is 13.7. The average Bonchev–Trinajstić information content (AvgIpc) is 2.69. The fraction of sp³-hybridized carbons (Fsp3) is 0.538. The Kier molecular flexibility index (Phi) is 5.91. The van der Waals surface area contributed by atoms with Gasteiger partial charge in [-0.15, -0.1) is 0 Å². The highest BCUT2D eigenvalue weighted by molar-refractivity contribution is 9.10. The van der Waals surface area contributed by atoms with Crippen LogP contribution in [0.2, 0.25) is 0 Å². The molecular formula is C13H18BrN3S2. The maximum absolute atomic E-state index is 5.36. The first-order valence-electron chi connectivity index (χ1n) is 6.45. The van der Waals surface area contributed by atoms with E-state index in [1.807, 2.05) is 24.0 Å². The van der Waals surface area contributed by atoms with Crippen LogP contribution in [-0.2, 0) is 6.54 Å². The van der Waals surface area contributed by atoms with E-state index in [2.05, 4.69) is 36.7 Å². The molecule has 0 saturated carbocycles. The molecule has 0 aliphatic rings. The number of imidazole rings is 1. The van der Waals surface area contributed by atoms with Crippen LogP contribution in [0.25, 0.3) is 11.2 Å². The van der Waals surface area contributed by atoms with Crippen molar-refractivity contribution in [3.05, 3.63) is 21.5 Å². The number of nitrogens with one attached hydrogen (secondary N) is 1. The van der Waals surface area contributed by atoms with Crippen LogP contribution < -0.4 is 0 Å². The Morgan fingerprint density at radius 1 is 1.37 bits per heavy atom. The quantitative estimate of drug-likeness (QED) is 0.570. The van der Waals surface area contributed by atoms with E-state index in [0.717, 1.165) is 33.4 Å². The van der Waals surface area contributed by atoms with E-state index in [1.54, 1.807) is 0 Å². The molecule has 0 unspecified atom stereocenters. The third-order valence-electron chi connectivity index (χ3n) is 3.06. The number of H-pyrrole nitrogens is 1. The van der Waals surface area contributed by atoms with Crippen molar-refractivity contribution in [1.82, 2.24) is 14.5 Å². The fourth-order valence-electron chi connectivity index (χ4n) is 2.10. The Morgan fingerprint density at radius 2 is 2.16 bits per heavy atom. The lowest BCUT2D eigenvalue weighted by molar-refractivity contribution is 0.587. The van der Waals surface area contributed by atoms with E-state index in [-0.39, 0.29) is 0 Å². The van der Waals surface area contributed by atoms with E-state index in [0.29, 0.717) is 0 Å². The van der Waals surface area contributed by atoms with Crippen molar-refractivity contribution in [2.24, 2.45) is 0 Å². The summed E-state index contributed by atoms with van der Waals surface area (Å²) in [6.07, 6.45) is 9.01. The highest BCUT2D eigenvalue weighted by Gasteiger charge is 2.05. The standard InChI is InChI=1S/C13H18BrN3S2/c1-19-7-5-3-2-4-6-17-12-11(16-13(17)18)8-10(14)9-15-12/h8-9H,2-7H2,1H3,(H,16,18). The van der Waals surface area contributed by atoms with E-state index in [4.69, 9.17) is 12.2 Å². The molecule has 2 aromatic rings. The molecule has 1 N–H and O–H groups in total. The molecule has 6 heteroatoms. The molecule has 104 valence electrons. The second-order valence-electron chi connectivity index (χ2n) is 4.51. The zero-order valence-electron chi connectivity index (χ0n) is 11.0. The van der Waals surface area contributed by atoms with Gasteiger partial charge in [0.15, 0.2) is 10.4 Å². The minimum absolute atomic E-state index is 0.768. The second-order valence-corrected chi connectivity index (χ2v) is 6.80. The Morgan fingerprint density at radius 3 is 2.95 bits per heavy atom. The molecule has 0 spiro atoms. The van der Waals surface area contributed by atoms with Gasteiger partial charge in [0.1, 0.15) is 0 Å². The van der Waals surface area contributed by atoms with E-state index >= 15 is 0 Å². The largest absolute Gasteiger partial charge is 0.329 e. The predicted molar refractivity (Wildman–Crippen MR) is 89.5 cm³/mol. The predicted octanol–water partition coefficient (Wildman–Crippen LogP) is 4.78. The summed E-state index contributed by atoms with van der Waals surface area (Å²) in [6.45, 7) is 0.951. The van der Waals surface area contributed by atoms with Gasteiger partial charge >= 0.3 is 0 Å². The smallest absolute Gasteiger partial charge is 0.179 e. The fourth-order valence-corrected chi connectivity index (χ4v) is 3.21. The third-order valence-corrected chi connectivity index (χ3v) is 4.51. The molecular weight excluding hydrogens is 342 g/mol. The number of hydrogen-bond acceptors (Lipinski definition) is 3. The number of hydrogen-bond donors (Lipinski definition) is 1. The molecule has 3 nitrogen and oxygen atoms in total. The Bertz CT molecular complexity index is 591. The number of thioether (sulfide) groups is 1. The summed E-state index contributed by atoms with van der Waals surface area (Å²) in [5, 5.41) is 0. The number of pyridine rings is 1. The van der Waals surface area contributed by atoms with Crippen LogP contribution in [0.5, 0.6) is 0 Å². The number of aryl methyl sites for hydroxylation is 1. The molecule has 0 radical (unpaired) electrons. The molecule has 19 heavy (non-hydrogen) atoms. The summed E-state index contributed by atoms with van der Waals surface area (Å²) in [7, 11) is 0. The Hall–Kier alpha value is -0.330. The second kappa shape index (κ2) is 7.45. The van der Waals surface area contributed by atoms with E-state index in [9.17, 15) is 0 Å². The number of nitrogens with zero attached hydrogens (tertiary/aromatic N) is 2. The van der Waals surface area contributed by atoms with Crippen LogP contribution in [0.1, 0.15) is 25.7 Å². The highest BCUT2D eigenvalue weighted by atomic mass is 79.9. The first kappa shape index (κ1) is 15.1. The molecule has 0 fully saturated rings. The molecule has 0 aromatic carbocycles. The monoisotopic (exact) mass is 359 g/mol. The summed E-state index contributed by atoms with van der Waals surface area (Å²) in [5.74, 6) is 1.27. The lowest BCUT2D eigenvalue weighted by Gasteiger charge is -2.04. The van der Waals surface area contributed by atoms with Gasteiger partial charge in [0.2, 0.25) is 0 Å². The van der Waals surface area contributed by atoms with E-state index in [1.165, 1.54) is 25.0 Å². The minimum atomic E-state index is 0.768. The Labute approximate surface area is 131 Å². The molecule has 0 saturated heterocycles. The van der Waals surface area contributed by atoms with Gasteiger partial charge in [0.25, 0.3) is 0 Å². The molecule has 2 heterocycles. The van der Waals surface area contributed by atoms with Gasteiger partial charge < -0.3 is 9.55 Å². The zero-order valence-corrected chi connectivity index (χ0v) is 14.2. The van der Waals surface area contributed by atoms with Crippen molar-refractivity contribution in [3.8, 4) is 0 Å². The maximum Gasteiger partial charge on any atom is 0.179 e. The summed E-state index contributed by atoms with van der Waals surface area (Å²) < 4.78 is 3.84. The third kappa shape index (κ3) is 4.07. The van der Waals surface area contributed by atoms with Crippen molar-refractivity contribution in [3.63, 3.8) is 0 Å². The van der Waals surface area contributed by atoms with E-state index < -0.39 is 0 Å². The van der Waals surface area contributed by atoms with Crippen LogP contribution in [0, 0.1) is 4.77 Å². The lowest BCUT2D eigenvalue weighted by atomic mass is 10.2. The molecule has 0 amide bonds. The summed E-state index contributed by atoms with van der Waals surface area (Å²) in [6, 6.07) is 2.02. The Balaban J connectivity index is 1.97. The van der Waals surface area contributed by atoms with Crippen molar-refractivity contribution in [2.75, 3.05) is 12.0 Å². The van der Waals surface area contributed by atoms with Crippen LogP contribution in [-0.4, -0.2) is 26.5 Å².